The topological polar surface area (TPSA) is 43.1 Å². The van der Waals surface area contributed by atoms with Crippen LogP contribution in [0.25, 0.3) is 0 Å². The summed E-state index contributed by atoms with van der Waals surface area (Å²) < 4.78 is 0. The molecular weight excluding hydrogens is 266 g/mol. The molecule has 1 unspecified atom stereocenters. The average Bonchev–Trinajstić information content (AvgIpc) is 2.80. The minimum absolute atomic E-state index is 0.234. The molecule has 0 bridgehead atoms. The first-order valence-corrected chi connectivity index (χ1v) is 8.47. The Labute approximate surface area is 127 Å². The molecule has 20 heavy (non-hydrogen) atoms. The average molecular weight is 295 g/mol. The van der Waals surface area contributed by atoms with Crippen LogP contribution in [0.4, 0.5) is 0 Å². The second kappa shape index (κ2) is 7.94. The number of Topliss-reactive ketones (excluding diaryl/α,β-unsaturated/α-hetero) is 1. The van der Waals surface area contributed by atoms with Gasteiger partial charge < -0.3 is 5.73 Å². The lowest BCUT2D eigenvalue weighted by molar-refractivity contribution is -0.118. The molecule has 0 aromatic carbocycles. The molecule has 0 aliphatic carbocycles. The molecule has 3 heteroatoms. The van der Waals surface area contributed by atoms with Crippen molar-refractivity contribution in [1.29, 1.82) is 0 Å². The maximum atomic E-state index is 12.1. The molecule has 0 aliphatic rings. The van der Waals surface area contributed by atoms with E-state index in [0.717, 1.165) is 19.3 Å². The Bertz CT molecular complexity index is 417. The Hall–Kier alpha value is -0.670. The third kappa shape index (κ3) is 5.76. The Kier molecular flexibility index (Phi) is 6.90. The lowest BCUT2D eigenvalue weighted by Crippen LogP contribution is -2.24. The standard InChI is InChI=1S/C17H29NOS/c1-5-15-8-9-16(20-15)12-14(19)7-6-13(10-11-18)17(2,3)4/h8-9,13H,5-7,10-12,18H2,1-4H3. The molecule has 0 fully saturated rings. The normalized spacial score (nSPS) is 13.4. The van der Waals surface area contributed by atoms with Crippen LogP contribution in [0.5, 0.6) is 0 Å². The molecular formula is C17H29NOS. The van der Waals surface area contributed by atoms with E-state index in [1.807, 2.05) is 0 Å². The van der Waals surface area contributed by atoms with E-state index in [4.69, 9.17) is 5.73 Å². The predicted molar refractivity (Wildman–Crippen MR) is 88.3 cm³/mol. The van der Waals surface area contributed by atoms with Gasteiger partial charge in [0.2, 0.25) is 0 Å². The van der Waals surface area contributed by atoms with E-state index >= 15 is 0 Å². The molecule has 1 heterocycles. The molecule has 1 atom stereocenters. The lowest BCUT2D eigenvalue weighted by atomic mass is 9.76. The van der Waals surface area contributed by atoms with Crippen molar-refractivity contribution >= 4 is 17.1 Å². The summed E-state index contributed by atoms with van der Waals surface area (Å²) >= 11 is 1.77. The maximum absolute atomic E-state index is 12.1. The molecule has 114 valence electrons. The number of rotatable bonds is 8. The Balaban J connectivity index is 2.45. The number of ketones is 1. The molecule has 0 spiro atoms. The summed E-state index contributed by atoms with van der Waals surface area (Å²) in [6.07, 6.45) is 4.31. The van der Waals surface area contributed by atoms with Crippen LogP contribution in [0.15, 0.2) is 12.1 Å². The number of hydrogen-bond acceptors (Lipinski definition) is 3. The second-order valence-corrected chi connectivity index (χ2v) is 7.87. The number of thiophene rings is 1. The van der Waals surface area contributed by atoms with Gasteiger partial charge in [0.15, 0.2) is 0 Å². The summed E-state index contributed by atoms with van der Waals surface area (Å²) in [7, 11) is 0. The third-order valence-electron chi connectivity index (χ3n) is 3.95. The van der Waals surface area contributed by atoms with Crippen LogP contribution < -0.4 is 5.73 Å². The van der Waals surface area contributed by atoms with Crippen molar-refractivity contribution in [3.63, 3.8) is 0 Å². The predicted octanol–water partition coefficient (Wildman–Crippen LogP) is 4.21. The van der Waals surface area contributed by atoms with Crippen molar-refractivity contribution in [2.75, 3.05) is 6.54 Å². The van der Waals surface area contributed by atoms with Gasteiger partial charge >= 0.3 is 0 Å². The highest BCUT2D eigenvalue weighted by Gasteiger charge is 2.24. The fourth-order valence-corrected chi connectivity index (χ4v) is 3.52. The van der Waals surface area contributed by atoms with Crippen molar-refractivity contribution in [2.45, 2.75) is 59.8 Å². The van der Waals surface area contributed by atoms with E-state index in [9.17, 15) is 4.79 Å². The van der Waals surface area contributed by atoms with Crippen LogP contribution in [0.2, 0.25) is 0 Å². The van der Waals surface area contributed by atoms with Crippen molar-refractivity contribution in [3.05, 3.63) is 21.9 Å². The molecule has 1 aromatic rings. The van der Waals surface area contributed by atoms with Gasteiger partial charge in [0.25, 0.3) is 0 Å². The quantitative estimate of drug-likeness (QED) is 0.780. The first-order valence-electron chi connectivity index (χ1n) is 7.66. The van der Waals surface area contributed by atoms with E-state index in [1.165, 1.54) is 9.75 Å². The number of aryl methyl sites for hydroxylation is 1. The molecule has 1 aromatic heterocycles. The molecule has 0 saturated heterocycles. The molecule has 0 aliphatic heterocycles. The third-order valence-corrected chi connectivity index (χ3v) is 5.18. The number of hydrogen-bond donors (Lipinski definition) is 1. The van der Waals surface area contributed by atoms with Gasteiger partial charge in [-0.1, -0.05) is 27.7 Å². The Morgan fingerprint density at radius 2 is 1.90 bits per heavy atom. The summed E-state index contributed by atoms with van der Waals surface area (Å²) in [4.78, 5) is 14.7. The van der Waals surface area contributed by atoms with Crippen LogP contribution in [0, 0.1) is 11.3 Å². The SMILES string of the molecule is CCc1ccc(CC(=O)CCC(CCN)C(C)(C)C)s1. The number of nitrogens with two attached hydrogens (primary N) is 1. The van der Waals surface area contributed by atoms with Gasteiger partial charge in [0.05, 0.1) is 0 Å². The van der Waals surface area contributed by atoms with Crippen LogP contribution >= 0.6 is 11.3 Å². The van der Waals surface area contributed by atoms with Crippen LogP contribution in [-0.4, -0.2) is 12.3 Å². The van der Waals surface area contributed by atoms with Gasteiger partial charge in [0.1, 0.15) is 5.78 Å². The largest absolute Gasteiger partial charge is 0.330 e. The van der Waals surface area contributed by atoms with Crippen molar-refractivity contribution < 1.29 is 4.79 Å². The van der Waals surface area contributed by atoms with E-state index < -0.39 is 0 Å². The van der Waals surface area contributed by atoms with Crippen molar-refractivity contribution in [2.24, 2.45) is 17.1 Å². The molecule has 0 radical (unpaired) electrons. The van der Waals surface area contributed by atoms with Gasteiger partial charge in [0, 0.05) is 22.6 Å². The van der Waals surface area contributed by atoms with E-state index in [-0.39, 0.29) is 5.41 Å². The van der Waals surface area contributed by atoms with E-state index in [1.54, 1.807) is 11.3 Å². The molecule has 1 rings (SSSR count). The zero-order valence-corrected chi connectivity index (χ0v) is 14.2. The monoisotopic (exact) mass is 295 g/mol. The number of carbonyl (C=O) groups excluding carboxylic acids is 1. The molecule has 0 amide bonds. The minimum Gasteiger partial charge on any atom is -0.330 e. The second-order valence-electron chi connectivity index (χ2n) is 6.62. The summed E-state index contributed by atoms with van der Waals surface area (Å²) in [5.41, 5.74) is 5.92. The van der Waals surface area contributed by atoms with Gasteiger partial charge in [-0.25, -0.2) is 0 Å². The maximum Gasteiger partial charge on any atom is 0.138 e. The number of carbonyl (C=O) groups is 1. The summed E-state index contributed by atoms with van der Waals surface area (Å²) in [6, 6.07) is 4.24. The van der Waals surface area contributed by atoms with Gasteiger partial charge in [-0.2, -0.15) is 0 Å². The van der Waals surface area contributed by atoms with Crippen LogP contribution in [0.1, 0.15) is 56.7 Å². The summed E-state index contributed by atoms with van der Waals surface area (Å²) in [5, 5.41) is 0. The molecule has 2 nitrogen and oxygen atoms in total. The van der Waals surface area contributed by atoms with Crippen LogP contribution in [0.3, 0.4) is 0 Å². The zero-order valence-electron chi connectivity index (χ0n) is 13.4. The van der Waals surface area contributed by atoms with Gasteiger partial charge in [-0.3, -0.25) is 4.79 Å². The highest BCUT2D eigenvalue weighted by atomic mass is 32.1. The lowest BCUT2D eigenvalue weighted by Gasteiger charge is -2.30. The van der Waals surface area contributed by atoms with Crippen molar-refractivity contribution in [1.82, 2.24) is 0 Å². The Morgan fingerprint density at radius 3 is 2.40 bits per heavy atom. The van der Waals surface area contributed by atoms with Crippen molar-refractivity contribution in [3.8, 4) is 0 Å². The molecule has 2 N–H and O–H groups in total. The fourth-order valence-electron chi connectivity index (χ4n) is 2.54. The summed E-state index contributed by atoms with van der Waals surface area (Å²) in [5.74, 6) is 0.895. The minimum atomic E-state index is 0.234. The van der Waals surface area contributed by atoms with Gasteiger partial charge in [-0.15, -0.1) is 11.3 Å². The van der Waals surface area contributed by atoms with Crippen LogP contribution in [-0.2, 0) is 17.6 Å². The highest BCUT2D eigenvalue weighted by Crippen LogP contribution is 2.32. The fraction of sp³-hybridized carbons (Fsp3) is 0.706. The van der Waals surface area contributed by atoms with E-state index in [0.29, 0.717) is 31.1 Å². The first-order chi connectivity index (χ1) is 9.36. The zero-order chi connectivity index (χ0) is 15.2. The molecule has 0 saturated carbocycles. The first kappa shape index (κ1) is 17.4. The highest BCUT2D eigenvalue weighted by molar-refractivity contribution is 7.12. The van der Waals surface area contributed by atoms with E-state index in [2.05, 4.69) is 39.8 Å². The Morgan fingerprint density at radius 1 is 1.25 bits per heavy atom. The summed E-state index contributed by atoms with van der Waals surface area (Å²) in [6.45, 7) is 9.58. The smallest absolute Gasteiger partial charge is 0.138 e. The van der Waals surface area contributed by atoms with Gasteiger partial charge in [-0.05, 0) is 49.3 Å².